The van der Waals surface area contributed by atoms with Gasteiger partial charge in [-0.25, -0.2) is 0 Å². The van der Waals surface area contributed by atoms with Crippen molar-refractivity contribution in [2.75, 3.05) is 28.9 Å². The summed E-state index contributed by atoms with van der Waals surface area (Å²) in [5.41, 5.74) is 3.86. The van der Waals surface area contributed by atoms with E-state index < -0.39 is 11.8 Å². The van der Waals surface area contributed by atoms with Gasteiger partial charge in [0.25, 0.3) is 0 Å². The molecule has 3 amide bonds. The van der Waals surface area contributed by atoms with Gasteiger partial charge in [-0.05, 0) is 48.2 Å². The van der Waals surface area contributed by atoms with Crippen LogP contribution < -0.4 is 25.0 Å². The molecule has 3 aliphatic heterocycles. The first-order chi connectivity index (χ1) is 13.6. The molecule has 0 aromatic heterocycles. The monoisotopic (exact) mass is 379 g/mol. The van der Waals surface area contributed by atoms with Crippen LogP contribution in [0.25, 0.3) is 0 Å². The maximum Gasteiger partial charge on any atom is 0.314 e. The van der Waals surface area contributed by atoms with Crippen LogP contribution in [0.4, 0.5) is 17.1 Å². The average Bonchev–Trinajstić information content (AvgIpc) is 3.27. The molecule has 8 nitrogen and oxygen atoms in total. The van der Waals surface area contributed by atoms with Gasteiger partial charge in [0.05, 0.1) is 12.1 Å². The van der Waals surface area contributed by atoms with E-state index in [0.717, 1.165) is 36.2 Å². The van der Waals surface area contributed by atoms with Gasteiger partial charge in [0.2, 0.25) is 12.7 Å². The largest absolute Gasteiger partial charge is 0.454 e. The SMILES string of the molecule is O=C(Nc1cc2c3c(c1)CC(=O)N3CCC2)C(=O)Nc1ccc2c(c1)OCO2. The number of fused-ring (bicyclic) bond motifs is 1. The number of ether oxygens (including phenoxy) is 2. The van der Waals surface area contributed by atoms with E-state index in [-0.39, 0.29) is 12.7 Å². The molecule has 3 heterocycles. The van der Waals surface area contributed by atoms with Gasteiger partial charge in [-0.3, -0.25) is 14.4 Å². The van der Waals surface area contributed by atoms with Crippen molar-refractivity contribution in [1.82, 2.24) is 0 Å². The number of anilines is 3. The van der Waals surface area contributed by atoms with E-state index >= 15 is 0 Å². The third kappa shape index (κ3) is 2.74. The number of benzene rings is 2. The minimum atomic E-state index is -0.786. The van der Waals surface area contributed by atoms with Gasteiger partial charge in [0.1, 0.15) is 0 Å². The highest BCUT2D eigenvalue weighted by atomic mass is 16.7. The molecule has 3 aliphatic rings. The number of rotatable bonds is 2. The topological polar surface area (TPSA) is 97.0 Å². The minimum Gasteiger partial charge on any atom is -0.454 e. The summed E-state index contributed by atoms with van der Waals surface area (Å²) in [6.45, 7) is 0.871. The lowest BCUT2D eigenvalue weighted by molar-refractivity contribution is -0.133. The lowest BCUT2D eigenvalue weighted by Gasteiger charge is -2.26. The number of nitrogens with one attached hydrogen (secondary N) is 2. The Bertz CT molecular complexity index is 1030. The molecule has 2 N–H and O–H groups in total. The molecule has 142 valence electrons. The molecule has 0 spiro atoms. The third-order valence-electron chi connectivity index (χ3n) is 5.10. The lowest BCUT2D eigenvalue weighted by atomic mass is 9.99. The van der Waals surface area contributed by atoms with Crippen LogP contribution in [0.1, 0.15) is 17.5 Å². The van der Waals surface area contributed by atoms with Gasteiger partial charge in [0.15, 0.2) is 11.5 Å². The molecule has 0 radical (unpaired) electrons. The van der Waals surface area contributed by atoms with Gasteiger partial charge in [0, 0.05) is 24.0 Å². The van der Waals surface area contributed by atoms with Crippen LogP contribution >= 0.6 is 0 Å². The highest BCUT2D eigenvalue weighted by Crippen LogP contribution is 2.39. The van der Waals surface area contributed by atoms with Gasteiger partial charge in [-0.2, -0.15) is 0 Å². The first kappa shape index (κ1) is 16.6. The normalized spacial score (nSPS) is 16.0. The van der Waals surface area contributed by atoms with Crippen LogP contribution in [0.15, 0.2) is 30.3 Å². The van der Waals surface area contributed by atoms with Crippen molar-refractivity contribution in [2.45, 2.75) is 19.3 Å². The summed E-state index contributed by atoms with van der Waals surface area (Å²) >= 11 is 0. The molecular formula is C20H17N3O5. The maximum absolute atomic E-state index is 12.3. The van der Waals surface area contributed by atoms with Gasteiger partial charge >= 0.3 is 11.8 Å². The van der Waals surface area contributed by atoms with E-state index in [2.05, 4.69) is 10.6 Å². The Balaban J connectivity index is 1.31. The van der Waals surface area contributed by atoms with E-state index in [1.807, 2.05) is 11.0 Å². The number of aryl methyl sites for hydroxylation is 1. The Morgan fingerprint density at radius 3 is 2.54 bits per heavy atom. The predicted octanol–water partition coefficient (Wildman–Crippen LogP) is 1.83. The number of amides is 3. The Labute approximate surface area is 160 Å². The summed E-state index contributed by atoms with van der Waals surface area (Å²) in [7, 11) is 0. The van der Waals surface area contributed by atoms with Crippen LogP contribution in [0, 0.1) is 0 Å². The Hall–Kier alpha value is -3.55. The van der Waals surface area contributed by atoms with E-state index in [0.29, 0.717) is 29.3 Å². The van der Waals surface area contributed by atoms with Crippen molar-refractivity contribution in [2.24, 2.45) is 0 Å². The molecule has 0 saturated heterocycles. The van der Waals surface area contributed by atoms with E-state index in [1.54, 1.807) is 24.3 Å². The van der Waals surface area contributed by atoms with Crippen molar-refractivity contribution in [3.8, 4) is 11.5 Å². The first-order valence-corrected chi connectivity index (χ1v) is 9.06. The summed E-state index contributed by atoms with van der Waals surface area (Å²) in [4.78, 5) is 38.5. The molecule has 0 bridgehead atoms. The summed E-state index contributed by atoms with van der Waals surface area (Å²) in [6, 6.07) is 8.53. The van der Waals surface area contributed by atoms with Crippen LogP contribution in [0.3, 0.4) is 0 Å². The zero-order valence-electron chi connectivity index (χ0n) is 14.9. The fraction of sp³-hybridized carbons (Fsp3) is 0.250. The molecule has 8 heteroatoms. The first-order valence-electron chi connectivity index (χ1n) is 9.06. The van der Waals surface area contributed by atoms with Crippen LogP contribution in [-0.2, 0) is 27.2 Å². The second kappa shape index (κ2) is 6.26. The number of nitrogens with zero attached hydrogens (tertiary/aromatic N) is 1. The second-order valence-electron chi connectivity index (χ2n) is 6.95. The highest BCUT2D eigenvalue weighted by molar-refractivity contribution is 6.43. The minimum absolute atomic E-state index is 0.0833. The number of hydrogen-bond acceptors (Lipinski definition) is 5. The molecule has 28 heavy (non-hydrogen) atoms. The zero-order valence-corrected chi connectivity index (χ0v) is 14.9. The number of carbonyl (C=O) groups excluding carboxylic acids is 3. The van der Waals surface area contributed by atoms with Crippen molar-refractivity contribution >= 4 is 34.8 Å². The molecular weight excluding hydrogens is 362 g/mol. The summed E-state index contributed by atoms with van der Waals surface area (Å²) in [5.74, 6) is -0.365. The zero-order chi connectivity index (χ0) is 19.3. The maximum atomic E-state index is 12.3. The van der Waals surface area contributed by atoms with Crippen LogP contribution in [0.5, 0.6) is 11.5 Å². The molecule has 5 rings (SSSR count). The summed E-state index contributed by atoms with van der Waals surface area (Å²) < 4.78 is 10.5. The fourth-order valence-corrected chi connectivity index (χ4v) is 3.90. The van der Waals surface area contributed by atoms with E-state index in [1.165, 1.54) is 0 Å². The van der Waals surface area contributed by atoms with Gasteiger partial charge in [-0.1, -0.05) is 0 Å². The molecule has 0 unspecified atom stereocenters. The second-order valence-corrected chi connectivity index (χ2v) is 6.95. The standard InChI is InChI=1S/C20H17N3O5/c24-17-8-12-7-14(6-11-2-1-5-23(17)18(11)12)22-20(26)19(25)21-13-3-4-15-16(9-13)28-10-27-15/h3-4,6-7,9H,1-2,5,8,10H2,(H,21,25)(H,22,26). The smallest absolute Gasteiger partial charge is 0.314 e. The van der Waals surface area contributed by atoms with Crippen molar-refractivity contribution in [1.29, 1.82) is 0 Å². The molecule has 0 saturated carbocycles. The van der Waals surface area contributed by atoms with Gasteiger partial charge in [-0.15, -0.1) is 0 Å². The number of hydrogen-bond donors (Lipinski definition) is 2. The Morgan fingerprint density at radius 1 is 0.929 bits per heavy atom. The average molecular weight is 379 g/mol. The lowest BCUT2D eigenvalue weighted by Crippen LogP contribution is -2.31. The third-order valence-corrected chi connectivity index (χ3v) is 5.10. The summed E-state index contributed by atoms with van der Waals surface area (Å²) in [5, 5.41) is 5.18. The van der Waals surface area contributed by atoms with Gasteiger partial charge < -0.3 is 25.0 Å². The number of carbonyl (C=O) groups is 3. The highest BCUT2D eigenvalue weighted by Gasteiger charge is 2.32. The molecule has 0 aliphatic carbocycles. The fourth-order valence-electron chi connectivity index (χ4n) is 3.90. The van der Waals surface area contributed by atoms with E-state index in [9.17, 15) is 14.4 Å². The quantitative estimate of drug-likeness (QED) is 0.776. The molecule has 2 aromatic carbocycles. The Morgan fingerprint density at radius 2 is 1.68 bits per heavy atom. The Kier molecular flexibility index (Phi) is 3.71. The molecule has 0 atom stereocenters. The van der Waals surface area contributed by atoms with Crippen molar-refractivity contribution in [3.05, 3.63) is 41.5 Å². The summed E-state index contributed by atoms with van der Waals surface area (Å²) in [6.07, 6.45) is 2.06. The van der Waals surface area contributed by atoms with Crippen LogP contribution in [-0.4, -0.2) is 31.1 Å². The molecule has 2 aromatic rings. The van der Waals surface area contributed by atoms with Crippen molar-refractivity contribution < 1.29 is 23.9 Å². The van der Waals surface area contributed by atoms with Crippen molar-refractivity contribution in [3.63, 3.8) is 0 Å². The van der Waals surface area contributed by atoms with E-state index in [4.69, 9.17) is 9.47 Å². The van der Waals surface area contributed by atoms with Crippen LogP contribution in [0.2, 0.25) is 0 Å². The molecule has 0 fully saturated rings. The predicted molar refractivity (Wildman–Crippen MR) is 101 cm³/mol.